The van der Waals surface area contributed by atoms with Gasteiger partial charge in [0.25, 0.3) is 0 Å². The first-order valence-electron chi connectivity index (χ1n) is 0.507. The van der Waals surface area contributed by atoms with Crippen molar-refractivity contribution in [2.45, 2.75) is 0 Å². The van der Waals surface area contributed by atoms with Gasteiger partial charge in [-0.1, -0.05) is 0 Å². The van der Waals surface area contributed by atoms with Gasteiger partial charge in [0, 0.05) is 0 Å². The Morgan fingerprint density at radius 3 is 1.50 bits per heavy atom. The van der Waals surface area contributed by atoms with E-state index in [0.29, 0.717) is 0 Å². The van der Waals surface area contributed by atoms with Crippen LogP contribution in [0, 0.1) is 0 Å². The summed E-state index contributed by atoms with van der Waals surface area (Å²) in [5.41, 5.74) is 0. The SMILES string of the molecule is [F][V]([I])[I]. The van der Waals surface area contributed by atoms with E-state index < -0.39 is 8.82 Å². The molecule has 0 aromatic carbocycles. The fraction of sp³-hybridized carbons (Fsp3) is 0. The maximum atomic E-state index is 11.1. The van der Waals surface area contributed by atoms with Gasteiger partial charge in [-0.05, 0) is 0 Å². The molecule has 0 saturated carbocycles. The van der Waals surface area contributed by atoms with Gasteiger partial charge in [0.1, 0.15) is 0 Å². The van der Waals surface area contributed by atoms with Gasteiger partial charge in [-0.3, -0.25) is 0 Å². The molecule has 0 amide bonds. The van der Waals surface area contributed by atoms with E-state index in [2.05, 4.69) is 0 Å². The minimum absolute atomic E-state index is 1.75. The van der Waals surface area contributed by atoms with Crippen LogP contribution in [0.25, 0.3) is 0 Å². The molecule has 0 nitrogen and oxygen atoms in total. The number of hydrogen-bond donors (Lipinski definition) is 0. The Labute approximate surface area is 51.4 Å². The normalized spacial score (nSPS) is 9.00. The molecule has 0 atom stereocenters. The van der Waals surface area contributed by atoms with Gasteiger partial charge in [0.2, 0.25) is 0 Å². The third-order valence-electron chi connectivity index (χ3n) is 0. The van der Waals surface area contributed by atoms with E-state index in [1.807, 2.05) is 40.0 Å². The van der Waals surface area contributed by atoms with E-state index in [4.69, 9.17) is 0 Å². The summed E-state index contributed by atoms with van der Waals surface area (Å²) in [6.07, 6.45) is 0. The van der Waals surface area contributed by atoms with Crippen LogP contribution in [0.1, 0.15) is 0 Å². The van der Waals surface area contributed by atoms with E-state index in [1.165, 1.54) is 0 Å². The number of hydrogen-bond acceptors (Lipinski definition) is 0. The molecule has 0 heterocycles. The Balaban J connectivity index is 2.32. The Kier molecular flexibility index (Phi) is 4.74. The van der Waals surface area contributed by atoms with E-state index in [-0.39, 0.29) is 0 Å². The second-order valence-electron chi connectivity index (χ2n) is 0.192. The molecule has 0 fully saturated rings. The number of rotatable bonds is 0. The van der Waals surface area contributed by atoms with E-state index in [1.54, 1.807) is 0 Å². The Bertz CT molecular complexity index is 10.8. The maximum absolute atomic E-state index is 11.1. The average Bonchev–Trinajstić information content (AvgIpc) is 0.811. The van der Waals surface area contributed by atoms with E-state index in [9.17, 15) is 3.41 Å². The van der Waals surface area contributed by atoms with Crippen molar-refractivity contribution < 1.29 is 12.2 Å². The first kappa shape index (κ1) is 5.97. The fourth-order valence-electron chi connectivity index (χ4n) is 0. The molecule has 0 aromatic heterocycles. The van der Waals surface area contributed by atoms with E-state index in [0.717, 1.165) is 0 Å². The molecule has 0 aliphatic rings. The van der Waals surface area contributed by atoms with Gasteiger partial charge in [0.05, 0.1) is 0 Å². The van der Waals surface area contributed by atoms with Gasteiger partial charge in [-0.2, -0.15) is 0 Å². The predicted octanol–water partition coefficient (Wildman–Crippen LogP) is 2.19. The third kappa shape index (κ3) is 9.02. The summed E-state index contributed by atoms with van der Waals surface area (Å²) >= 11 is 3.62. The Morgan fingerprint density at radius 1 is 1.50 bits per heavy atom. The van der Waals surface area contributed by atoms with Gasteiger partial charge in [0.15, 0.2) is 0 Å². The molecule has 0 N–H and O–H groups in total. The predicted molar refractivity (Wildman–Crippen MR) is 29.1 cm³/mol. The first-order valence-corrected chi connectivity index (χ1v) is 10.0. The first-order chi connectivity index (χ1) is 1.73. The van der Waals surface area contributed by atoms with Crippen LogP contribution in [-0.4, -0.2) is 0 Å². The van der Waals surface area contributed by atoms with Gasteiger partial charge < -0.3 is 0 Å². The molecule has 0 aromatic rings. The quantitative estimate of drug-likeness (QED) is 0.600. The van der Waals surface area contributed by atoms with Gasteiger partial charge >= 0.3 is 52.2 Å². The van der Waals surface area contributed by atoms with E-state index >= 15 is 0 Å². The summed E-state index contributed by atoms with van der Waals surface area (Å²) < 4.78 is 11.1. The summed E-state index contributed by atoms with van der Waals surface area (Å²) in [5.74, 6) is 0. The van der Waals surface area contributed by atoms with Crippen molar-refractivity contribution in [2.24, 2.45) is 0 Å². The second-order valence-corrected chi connectivity index (χ2v) is 15.4. The molecule has 0 aliphatic heterocycles. The molecule has 0 saturated heterocycles. The minimum atomic E-state index is -1.75. The van der Waals surface area contributed by atoms with Crippen molar-refractivity contribution in [3.05, 3.63) is 0 Å². The average molecular weight is 324 g/mol. The molecule has 0 bridgehead atoms. The Hall–Kier alpha value is 1.97. The van der Waals surface area contributed by atoms with Crippen LogP contribution < -0.4 is 0 Å². The van der Waals surface area contributed by atoms with Crippen LogP contribution in [0.2, 0.25) is 0 Å². The molecular formula is FI2V. The summed E-state index contributed by atoms with van der Waals surface area (Å²) in [6, 6.07) is 0. The standard InChI is InChI=1S/FH.2HI.V/h3*1H;/q;;;+3/p-3. The molecule has 0 radical (unpaired) electrons. The topological polar surface area (TPSA) is 0 Å². The van der Waals surface area contributed by atoms with Crippen molar-refractivity contribution in [1.29, 1.82) is 0 Å². The summed E-state index contributed by atoms with van der Waals surface area (Å²) in [4.78, 5) is 0. The number of halogens is 3. The van der Waals surface area contributed by atoms with Crippen LogP contribution >= 0.6 is 40.0 Å². The monoisotopic (exact) mass is 324 g/mol. The zero-order valence-electron chi connectivity index (χ0n) is 1.58. The van der Waals surface area contributed by atoms with Crippen LogP contribution in [0.3, 0.4) is 0 Å². The molecular weight excluding hydrogens is 324 g/mol. The zero-order chi connectivity index (χ0) is 3.58. The molecule has 0 aliphatic carbocycles. The summed E-state index contributed by atoms with van der Waals surface area (Å²) in [7, 11) is -1.75. The van der Waals surface area contributed by atoms with Crippen LogP contribution in [0.4, 0.5) is 3.41 Å². The van der Waals surface area contributed by atoms with Crippen molar-refractivity contribution in [3.63, 3.8) is 0 Å². The zero-order valence-corrected chi connectivity index (χ0v) is 7.29. The van der Waals surface area contributed by atoms with Crippen LogP contribution in [0.5, 0.6) is 0 Å². The van der Waals surface area contributed by atoms with Crippen molar-refractivity contribution in [3.8, 4) is 0 Å². The van der Waals surface area contributed by atoms with Crippen molar-refractivity contribution in [1.82, 2.24) is 0 Å². The van der Waals surface area contributed by atoms with Crippen LogP contribution in [0.15, 0.2) is 0 Å². The fourth-order valence-corrected chi connectivity index (χ4v) is 0. The second kappa shape index (κ2) is 3.18. The molecule has 0 rings (SSSR count). The van der Waals surface area contributed by atoms with Gasteiger partial charge in [-0.25, -0.2) is 0 Å². The summed E-state index contributed by atoms with van der Waals surface area (Å²) in [5, 5.41) is 0. The van der Waals surface area contributed by atoms with Crippen molar-refractivity contribution in [2.75, 3.05) is 0 Å². The molecule has 4 heavy (non-hydrogen) atoms. The van der Waals surface area contributed by atoms with Crippen molar-refractivity contribution >= 4 is 40.0 Å². The molecule has 0 unspecified atom stereocenters. The van der Waals surface area contributed by atoms with Crippen LogP contribution in [-0.2, 0) is 8.82 Å². The molecule has 26 valence electrons. The molecule has 4 heteroatoms. The van der Waals surface area contributed by atoms with Gasteiger partial charge in [-0.15, -0.1) is 0 Å². The molecule has 0 spiro atoms. The Morgan fingerprint density at radius 2 is 1.50 bits per heavy atom. The third-order valence-corrected chi connectivity index (χ3v) is 0. The summed E-state index contributed by atoms with van der Waals surface area (Å²) in [6.45, 7) is 0.